The molecule has 0 aliphatic carbocycles. The number of anilines is 2. The zero-order chi connectivity index (χ0) is 14.0. The van der Waals surface area contributed by atoms with Crippen LogP contribution in [0.25, 0.3) is 0 Å². The minimum atomic E-state index is -3.78. The van der Waals surface area contributed by atoms with E-state index in [-0.39, 0.29) is 21.5 Å². The molecule has 0 bridgehead atoms. The fourth-order valence-corrected chi connectivity index (χ4v) is 3.26. The summed E-state index contributed by atoms with van der Waals surface area (Å²) in [5.41, 5.74) is 5.46. The SMILES string of the molecule is CCc1nnc(NS(=O)(=O)c2ccc(O)c(N)c2)s1. The molecule has 0 saturated carbocycles. The summed E-state index contributed by atoms with van der Waals surface area (Å²) in [7, 11) is -3.78. The maximum atomic E-state index is 12.1. The highest BCUT2D eigenvalue weighted by molar-refractivity contribution is 7.93. The van der Waals surface area contributed by atoms with Gasteiger partial charge in [-0.15, -0.1) is 10.2 Å². The normalized spacial score (nSPS) is 11.4. The van der Waals surface area contributed by atoms with Crippen molar-refractivity contribution < 1.29 is 13.5 Å². The standard InChI is InChI=1S/C10H12N4O3S2/c1-2-9-12-13-10(18-9)14-19(16,17)6-3-4-8(15)7(11)5-6/h3-5,15H,2,11H2,1H3,(H,13,14). The summed E-state index contributed by atoms with van der Waals surface area (Å²) in [5, 5.41) is 17.8. The second-order valence-corrected chi connectivity index (χ2v) is 6.43. The molecule has 0 saturated heterocycles. The van der Waals surface area contributed by atoms with E-state index in [0.717, 1.165) is 5.01 Å². The van der Waals surface area contributed by atoms with E-state index in [1.807, 2.05) is 6.92 Å². The number of aromatic nitrogens is 2. The van der Waals surface area contributed by atoms with Crippen molar-refractivity contribution in [3.8, 4) is 5.75 Å². The minimum absolute atomic E-state index is 0.00520. The molecule has 0 aliphatic heterocycles. The zero-order valence-electron chi connectivity index (χ0n) is 9.99. The average Bonchev–Trinajstić information content (AvgIpc) is 2.79. The predicted molar refractivity (Wildman–Crippen MR) is 72.6 cm³/mol. The van der Waals surface area contributed by atoms with Crippen LogP contribution in [0.3, 0.4) is 0 Å². The van der Waals surface area contributed by atoms with E-state index in [0.29, 0.717) is 6.42 Å². The number of phenolic OH excluding ortho intramolecular Hbond substituents is 1. The van der Waals surface area contributed by atoms with E-state index in [2.05, 4.69) is 14.9 Å². The van der Waals surface area contributed by atoms with Crippen LogP contribution in [0.5, 0.6) is 5.75 Å². The summed E-state index contributed by atoms with van der Waals surface area (Å²) >= 11 is 1.17. The number of aromatic hydroxyl groups is 1. The molecule has 2 aromatic rings. The lowest BCUT2D eigenvalue weighted by atomic mass is 10.3. The number of rotatable bonds is 4. The lowest BCUT2D eigenvalue weighted by Gasteiger charge is -2.06. The monoisotopic (exact) mass is 300 g/mol. The first-order chi connectivity index (χ1) is 8.92. The first kappa shape index (κ1) is 13.6. The van der Waals surface area contributed by atoms with Gasteiger partial charge in [0, 0.05) is 0 Å². The van der Waals surface area contributed by atoms with E-state index >= 15 is 0 Å². The number of nitrogen functional groups attached to an aromatic ring is 1. The molecule has 1 heterocycles. The van der Waals surface area contributed by atoms with Crippen molar-refractivity contribution in [2.75, 3.05) is 10.5 Å². The molecule has 102 valence electrons. The number of nitrogens with two attached hydrogens (primary N) is 1. The van der Waals surface area contributed by atoms with Crippen molar-refractivity contribution in [3.63, 3.8) is 0 Å². The van der Waals surface area contributed by atoms with Crippen LogP contribution in [0.1, 0.15) is 11.9 Å². The Bertz CT molecular complexity index is 697. The number of hydrogen-bond donors (Lipinski definition) is 3. The summed E-state index contributed by atoms with van der Waals surface area (Å²) < 4.78 is 26.4. The first-order valence-electron chi connectivity index (χ1n) is 5.36. The Kier molecular flexibility index (Phi) is 3.58. The van der Waals surface area contributed by atoms with Gasteiger partial charge in [-0.2, -0.15) is 0 Å². The Morgan fingerprint density at radius 1 is 1.42 bits per heavy atom. The molecule has 0 amide bonds. The number of hydrogen-bond acceptors (Lipinski definition) is 7. The van der Waals surface area contributed by atoms with Crippen LogP contribution in [0, 0.1) is 0 Å². The molecule has 0 fully saturated rings. The quantitative estimate of drug-likeness (QED) is 0.576. The van der Waals surface area contributed by atoms with Crippen LogP contribution < -0.4 is 10.5 Å². The molecule has 0 aliphatic rings. The van der Waals surface area contributed by atoms with E-state index in [1.54, 1.807) is 0 Å². The van der Waals surface area contributed by atoms with Crippen LogP contribution in [-0.2, 0) is 16.4 Å². The van der Waals surface area contributed by atoms with Gasteiger partial charge in [-0.3, -0.25) is 4.72 Å². The van der Waals surface area contributed by atoms with Crippen molar-refractivity contribution in [3.05, 3.63) is 23.2 Å². The molecule has 9 heteroatoms. The highest BCUT2D eigenvalue weighted by Gasteiger charge is 2.17. The third-order valence-corrected chi connectivity index (χ3v) is 4.75. The van der Waals surface area contributed by atoms with E-state index in [1.165, 1.54) is 29.5 Å². The van der Waals surface area contributed by atoms with Crippen molar-refractivity contribution >= 4 is 32.2 Å². The van der Waals surface area contributed by atoms with Gasteiger partial charge in [-0.05, 0) is 24.6 Å². The van der Waals surface area contributed by atoms with Crippen LogP contribution >= 0.6 is 11.3 Å². The minimum Gasteiger partial charge on any atom is -0.506 e. The molecular formula is C10H12N4O3S2. The Labute approximate surface area is 114 Å². The van der Waals surface area contributed by atoms with E-state index < -0.39 is 10.0 Å². The molecule has 0 spiro atoms. The molecule has 0 atom stereocenters. The molecule has 1 aromatic heterocycles. The van der Waals surface area contributed by atoms with Gasteiger partial charge in [0.1, 0.15) is 10.8 Å². The molecule has 0 unspecified atom stereocenters. The van der Waals surface area contributed by atoms with Gasteiger partial charge in [0.05, 0.1) is 10.6 Å². The van der Waals surface area contributed by atoms with Crippen LogP contribution in [-0.4, -0.2) is 23.7 Å². The first-order valence-corrected chi connectivity index (χ1v) is 7.66. The van der Waals surface area contributed by atoms with Gasteiger partial charge in [0.25, 0.3) is 10.0 Å². The van der Waals surface area contributed by atoms with E-state index in [9.17, 15) is 13.5 Å². The van der Waals surface area contributed by atoms with Gasteiger partial charge in [-0.25, -0.2) is 8.42 Å². The molecule has 7 nitrogen and oxygen atoms in total. The third kappa shape index (κ3) is 2.93. The van der Waals surface area contributed by atoms with Crippen molar-refractivity contribution in [1.82, 2.24) is 10.2 Å². The summed E-state index contributed by atoms with van der Waals surface area (Å²) in [6.45, 7) is 1.90. The lowest BCUT2D eigenvalue weighted by Crippen LogP contribution is -2.13. The molecule has 1 aromatic carbocycles. The maximum Gasteiger partial charge on any atom is 0.263 e. The fraction of sp³-hybridized carbons (Fsp3) is 0.200. The lowest BCUT2D eigenvalue weighted by molar-refractivity contribution is 0.477. The molecular weight excluding hydrogens is 288 g/mol. The molecule has 2 rings (SSSR count). The van der Waals surface area contributed by atoms with Crippen molar-refractivity contribution in [2.45, 2.75) is 18.2 Å². The second-order valence-electron chi connectivity index (χ2n) is 3.68. The number of sulfonamides is 1. The summed E-state index contributed by atoms with van der Waals surface area (Å²) in [6.07, 6.45) is 0.686. The highest BCUT2D eigenvalue weighted by Crippen LogP contribution is 2.25. The Hall–Kier alpha value is -1.87. The number of nitrogens with zero attached hydrogens (tertiary/aromatic N) is 2. The Balaban J connectivity index is 2.29. The zero-order valence-corrected chi connectivity index (χ0v) is 11.6. The number of phenols is 1. The average molecular weight is 300 g/mol. The summed E-state index contributed by atoms with van der Waals surface area (Å²) in [6, 6.07) is 3.66. The van der Waals surface area contributed by atoms with Crippen LogP contribution in [0.2, 0.25) is 0 Å². The van der Waals surface area contributed by atoms with E-state index in [4.69, 9.17) is 5.73 Å². The molecule has 19 heavy (non-hydrogen) atoms. The Morgan fingerprint density at radius 2 is 2.16 bits per heavy atom. The fourth-order valence-electron chi connectivity index (χ4n) is 1.31. The van der Waals surface area contributed by atoms with Crippen LogP contribution in [0.15, 0.2) is 23.1 Å². The number of nitrogens with one attached hydrogen (secondary N) is 1. The van der Waals surface area contributed by atoms with Gasteiger partial charge < -0.3 is 10.8 Å². The smallest absolute Gasteiger partial charge is 0.263 e. The maximum absolute atomic E-state index is 12.1. The summed E-state index contributed by atoms with van der Waals surface area (Å²) in [5.74, 6) is -0.164. The van der Waals surface area contributed by atoms with Crippen molar-refractivity contribution in [1.29, 1.82) is 0 Å². The van der Waals surface area contributed by atoms with Crippen LogP contribution in [0.4, 0.5) is 10.8 Å². The Morgan fingerprint density at radius 3 is 2.74 bits per heavy atom. The molecule has 0 radical (unpaired) electrons. The van der Waals surface area contributed by atoms with Crippen molar-refractivity contribution in [2.24, 2.45) is 0 Å². The summed E-state index contributed by atoms with van der Waals surface area (Å²) in [4.78, 5) is -0.0453. The predicted octanol–water partition coefficient (Wildman–Crippen LogP) is 1.19. The number of benzene rings is 1. The number of aryl methyl sites for hydroxylation is 1. The van der Waals surface area contributed by atoms with Gasteiger partial charge in [0.2, 0.25) is 5.13 Å². The largest absolute Gasteiger partial charge is 0.506 e. The third-order valence-electron chi connectivity index (χ3n) is 2.30. The highest BCUT2D eigenvalue weighted by atomic mass is 32.2. The van der Waals surface area contributed by atoms with Gasteiger partial charge in [0.15, 0.2) is 0 Å². The second kappa shape index (κ2) is 5.02. The van der Waals surface area contributed by atoms with Gasteiger partial charge in [-0.1, -0.05) is 18.3 Å². The topological polar surface area (TPSA) is 118 Å². The molecule has 4 N–H and O–H groups in total. The van der Waals surface area contributed by atoms with Gasteiger partial charge >= 0.3 is 0 Å².